The summed E-state index contributed by atoms with van der Waals surface area (Å²) in [5.74, 6) is 0. The Morgan fingerprint density at radius 2 is 1.68 bits per heavy atom. The van der Waals surface area contributed by atoms with Crippen LogP contribution in [0.4, 0.5) is 5.69 Å². The maximum Gasteiger partial charge on any atom is 0.269 e. The Morgan fingerprint density at radius 3 is 2.23 bits per heavy atom. The third kappa shape index (κ3) is 3.90. The highest BCUT2D eigenvalue weighted by molar-refractivity contribution is 7.85. The first kappa shape index (κ1) is 16.1. The van der Waals surface area contributed by atoms with Gasteiger partial charge in [-0.1, -0.05) is 29.8 Å². The van der Waals surface area contributed by atoms with Crippen molar-refractivity contribution in [3.8, 4) is 0 Å². The zero-order chi connectivity index (χ0) is 16.3. The van der Waals surface area contributed by atoms with Crippen LogP contribution in [-0.4, -0.2) is 17.9 Å². The molecule has 0 fully saturated rings. The number of rotatable bonds is 5. The van der Waals surface area contributed by atoms with E-state index in [1.807, 2.05) is 6.92 Å². The molecule has 116 valence electrons. The molecule has 0 heterocycles. The lowest BCUT2D eigenvalue weighted by Crippen LogP contribution is -2.05. The van der Waals surface area contributed by atoms with Gasteiger partial charge in [-0.05, 0) is 37.0 Å². The van der Waals surface area contributed by atoms with E-state index in [0.717, 1.165) is 11.1 Å². The maximum absolute atomic E-state index is 11.3. The van der Waals surface area contributed by atoms with Crippen molar-refractivity contribution in [1.82, 2.24) is 0 Å². The van der Waals surface area contributed by atoms with Gasteiger partial charge in [-0.3, -0.25) is 10.1 Å². The summed E-state index contributed by atoms with van der Waals surface area (Å²) in [5, 5.41) is 10.6. The summed E-state index contributed by atoms with van der Waals surface area (Å²) in [4.78, 5) is 9.90. The summed E-state index contributed by atoms with van der Waals surface area (Å²) >= 11 is 0. The van der Waals surface area contributed by atoms with Gasteiger partial charge in [-0.2, -0.15) is 0 Å². The molecule has 0 radical (unpaired) electrons. The van der Waals surface area contributed by atoms with E-state index in [-0.39, 0.29) is 10.6 Å². The van der Waals surface area contributed by atoms with E-state index in [9.17, 15) is 23.1 Å². The highest BCUT2D eigenvalue weighted by Gasteiger charge is 2.10. The minimum absolute atomic E-state index is 0.00197. The van der Waals surface area contributed by atoms with Gasteiger partial charge < -0.3 is 4.55 Å². The van der Waals surface area contributed by atoms with Crippen LogP contribution < -0.4 is 0 Å². The number of hydrogen-bond acceptors (Lipinski definition) is 5. The fourth-order valence-electron chi connectivity index (χ4n) is 2.21. The molecule has 2 aromatic rings. The standard InChI is InChI=1S/C15H15NO5S/c1-11-2-9-15(22(19,20)21)13(10-11)6-3-12-4-7-14(8-5-12)16(17)18/h2,4-5,7-10H,3,6H2,1H3,(H,19,20,21)/p-1. The molecule has 0 amide bonds. The Balaban J connectivity index is 2.21. The van der Waals surface area contributed by atoms with E-state index in [2.05, 4.69) is 0 Å². The van der Waals surface area contributed by atoms with Gasteiger partial charge in [-0.25, -0.2) is 8.42 Å². The molecule has 0 N–H and O–H groups in total. The van der Waals surface area contributed by atoms with Crippen LogP contribution in [0, 0.1) is 17.0 Å². The summed E-state index contributed by atoms with van der Waals surface area (Å²) in [7, 11) is -4.51. The largest absolute Gasteiger partial charge is 0.744 e. The molecule has 0 bridgehead atoms. The van der Waals surface area contributed by atoms with Crippen LogP contribution in [0.2, 0.25) is 0 Å². The Kier molecular flexibility index (Phi) is 4.58. The summed E-state index contributed by atoms with van der Waals surface area (Å²) in [6, 6.07) is 10.6. The fourth-order valence-corrected chi connectivity index (χ4v) is 2.93. The number of aryl methyl sites for hydroxylation is 3. The lowest BCUT2D eigenvalue weighted by Gasteiger charge is -2.13. The van der Waals surface area contributed by atoms with Gasteiger partial charge in [0.15, 0.2) is 0 Å². The van der Waals surface area contributed by atoms with Crippen molar-refractivity contribution in [1.29, 1.82) is 0 Å². The Morgan fingerprint density at radius 1 is 1.05 bits per heavy atom. The van der Waals surface area contributed by atoms with Crippen LogP contribution >= 0.6 is 0 Å². The van der Waals surface area contributed by atoms with Crippen molar-refractivity contribution < 1.29 is 17.9 Å². The number of nitrogens with zero attached hydrogens (tertiary/aromatic N) is 1. The summed E-state index contributed by atoms with van der Waals surface area (Å²) < 4.78 is 33.8. The van der Waals surface area contributed by atoms with Crippen LogP contribution in [-0.2, 0) is 23.0 Å². The second-order valence-electron chi connectivity index (χ2n) is 4.99. The van der Waals surface area contributed by atoms with E-state index in [4.69, 9.17) is 0 Å². The molecule has 0 aliphatic heterocycles. The van der Waals surface area contributed by atoms with Crippen LogP contribution in [0.25, 0.3) is 0 Å². The van der Waals surface area contributed by atoms with E-state index in [0.29, 0.717) is 18.4 Å². The Bertz CT molecular complexity index is 797. The van der Waals surface area contributed by atoms with E-state index in [1.54, 1.807) is 24.3 Å². The molecule has 2 aromatic carbocycles. The predicted molar refractivity (Wildman–Crippen MR) is 79.6 cm³/mol. The van der Waals surface area contributed by atoms with Gasteiger partial charge in [0.1, 0.15) is 10.1 Å². The second kappa shape index (κ2) is 6.25. The van der Waals surface area contributed by atoms with Gasteiger partial charge in [0.2, 0.25) is 0 Å². The number of benzene rings is 2. The van der Waals surface area contributed by atoms with Gasteiger partial charge in [0.05, 0.1) is 9.82 Å². The van der Waals surface area contributed by atoms with E-state index < -0.39 is 15.0 Å². The van der Waals surface area contributed by atoms with Gasteiger partial charge in [0, 0.05) is 12.1 Å². The highest BCUT2D eigenvalue weighted by Crippen LogP contribution is 2.20. The molecule has 22 heavy (non-hydrogen) atoms. The number of nitro benzene ring substituents is 1. The van der Waals surface area contributed by atoms with Crippen LogP contribution in [0.5, 0.6) is 0 Å². The monoisotopic (exact) mass is 320 g/mol. The molecule has 2 rings (SSSR count). The molecular weight excluding hydrogens is 306 g/mol. The van der Waals surface area contributed by atoms with Crippen LogP contribution in [0.15, 0.2) is 47.4 Å². The zero-order valence-corrected chi connectivity index (χ0v) is 12.7. The third-order valence-corrected chi connectivity index (χ3v) is 4.25. The van der Waals surface area contributed by atoms with Crippen molar-refractivity contribution in [3.05, 3.63) is 69.3 Å². The number of non-ortho nitro benzene ring substituents is 1. The molecule has 0 aliphatic rings. The highest BCUT2D eigenvalue weighted by atomic mass is 32.2. The fraction of sp³-hybridized carbons (Fsp3) is 0.200. The van der Waals surface area contributed by atoms with E-state index >= 15 is 0 Å². The molecular formula is C15H14NO5S-. The zero-order valence-electron chi connectivity index (χ0n) is 11.9. The molecule has 0 aliphatic carbocycles. The summed E-state index contributed by atoms with van der Waals surface area (Å²) in [6.45, 7) is 1.82. The Labute approximate surface area is 128 Å². The quantitative estimate of drug-likeness (QED) is 0.479. The lowest BCUT2D eigenvalue weighted by molar-refractivity contribution is -0.384. The van der Waals surface area contributed by atoms with Gasteiger partial charge in [-0.15, -0.1) is 0 Å². The predicted octanol–water partition coefficient (Wildman–Crippen LogP) is 2.59. The smallest absolute Gasteiger partial charge is 0.269 e. The first-order valence-electron chi connectivity index (χ1n) is 6.56. The summed E-state index contributed by atoms with van der Waals surface area (Å²) in [5.41, 5.74) is 2.17. The van der Waals surface area contributed by atoms with Gasteiger partial charge in [0.25, 0.3) is 5.69 Å². The van der Waals surface area contributed by atoms with Crippen molar-refractivity contribution in [3.63, 3.8) is 0 Å². The minimum Gasteiger partial charge on any atom is -0.744 e. The SMILES string of the molecule is Cc1ccc(S(=O)(=O)[O-])c(CCc2ccc([N+](=O)[O-])cc2)c1. The topological polar surface area (TPSA) is 100 Å². The molecule has 0 saturated heterocycles. The van der Waals surface area contributed by atoms with Crippen molar-refractivity contribution >= 4 is 15.8 Å². The Hall–Kier alpha value is -2.25. The third-order valence-electron chi connectivity index (χ3n) is 3.32. The molecule has 0 saturated carbocycles. The summed E-state index contributed by atoms with van der Waals surface area (Å²) in [6.07, 6.45) is 0.861. The van der Waals surface area contributed by atoms with Crippen LogP contribution in [0.3, 0.4) is 0 Å². The molecule has 7 heteroatoms. The number of hydrogen-bond donors (Lipinski definition) is 0. The first-order chi connectivity index (χ1) is 10.3. The molecule has 0 spiro atoms. The van der Waals surface area contributed by atoms with Crippen molar-refractivity contribution in [2.24, 2.45) is 0 Å². The molecule has 0 unspecified atom stereocenters. The average molecular weight is 320 g/mol. The van der Waals surface area contributed by atoms with Crippen molar-refractivity contribution in [2.75, 3.05) is 0 Å². The number of nitro groups is 1. The molecule has 0 aromatic heterocycles. The van der Waals surface area contributed by atoms with E-state index in [1.165, 1.54) is 18.2 Å². The van der Waals surface area contributed by atoms with Gasteiger partial charge >= 0.3 is 0 Å². The normalized spacial score (nSPS) is 11.4. The lowest BCUT2D eigenvalue weighted by atomic mass is 10.0. The second-order valence-corrected chi connectivity index (χ2v) is 6.34. The average Bonchev–Trinajstić information content (AvgIpc) is 2.44. The maximum atomic E-state index is 11.3. The first-order valence-corrected chi connectivity index (χ1v) is 7.97. The minimum atomic E-state index is -4.51. The van der Waals surface area contributed by atoms with Crippen LogP contribution in [0.1, 0.15) is 16.7 Å². The molecule has 6 nitrogen and oxygen atoms in total. The van der Waals surface area contributed by atoms with Crippen molar-refractivity contribution in [2.45, 2.75) is 24.7 Å². The molecule has 0 atom stereocenters.